The number of fused-ring (bicyclic) bond motifs is 32. The van der Waals surface area contributed by atoms with Crippen molar-refractivity contribution >= 4 is 162 Å². The van der Waals surface area contributed by atoms with Crippen LogP contribution < -0.4 is 14.2 Å². The van der Waals surface area contributed by atoms with E-state index in [0.29, 0.717) is 35.1 Å². The minimum atomic E-state index is -0.145. The maximum atomic E-state index is 6.34. The first kappa shape index (κ1) is 70.3. The topological polar surface area (TPSA) is 120 Å². The first-order valence-electron chi connectivity index (χ1n) is 43.2. The Kier molecular flexibility index (Phi) is 14.2. The van der Waals surface area contributed by atoms with Gasteiger partial charge in [0.05, 0.1) is 56.4 Å². The summed E-state index contributed by atoms with van der Waals surface area (Å²) >= 11 is 1.84. The molecule has 0 spiro atoms. The van der Waals surface area contributed by atoms with Crippen molar-refractivity contribution in [3.8, 4) is 108 Å². The van der Waals surface area contributed by atoms with Crippen molar-refractivity contribution in [1.82, 2.24) is 43.6 Å². The Morgan fingerprint density at radius 2 is 0.677 bits per heavy atom. The van der Waals surface area contributed by atoms with Crippen LogP contribution in [0.15, 0.2) is 346 Å². The molecule has 7 aromatic heterocycles. The van der Waals surface area contributed by atoms with Gasteiger partial charge in [-0.3, -0.25) is 13.7 Å². The highest BCUT2D eigenvalue weighted by atomic mass is 32.1. The summed E-state index contributed by atoms with van der Waals surface area (Å²) in [5, 5.41) is 24.1. The number of thiophene rings is 1. The maximum absolute atomic E-state index is 6.34. The Hall–Kier alpha value is -16.2. The largest absolute Gasteiger partial charge is 0.453 e. The molecule has 10 heterocycles. The van der Waals surface area contributed by atoms with Crippen molar-refractivity contribution < 1.29 is 14.2 Å². The molecule has 0 saturated heterocycles. The normalized spacial score (nSPS) is 13.7. The molecule has 0 fully saturated rings. The van der Waals surface area contributed by atoms with E-state index in [9.17, 15) is 0 Å². The second-order valence-corrected chi connectivity index (χ2v) is 36.1. The lowest BCUT2D eigenvalue weighted by molar-refractivity contribution is 0.481. The summed E-state index contributed by atoms with van der Waals surface area (Å²) in [6.07, 6.45) is 5.49. The first-order chi connectivity index (χ1) is 62.5. The molecule has 0 radical (unpaired) electrons. The van der Waals surface area contributed by atoms with E-state index in [0.717, 1.165) is 116 Å². The van der Waals surface area contributed by atoms with Crippen LogP contribution in [-0.2, 0) is 10.8 Å². The van der Waals surface area contributed by atoms with Gasteiger partial charge in [-0.15, -0.1) is 11.3 Å². The van der Waals surface area contributed by atoms with Crippen LogP contribution in [0.4, 0.5) is 0 Å². The molecule has 0 unspecified atom stereocenters. The van der Waals surface area contributed by atoms with Crippen molar-refractivity contribution in [2.24, 2.45) is 0 Å². The fraction of sp³-hybridized carbons (Fsp3) is 0.0526. The number of hydrogen-bond acceptors (Lipinski definition) is 10. The van der Waals surface area contributed by atoms with Gasteiger partial charge in [0, 0.05) is 91.5 Å². The monoisotopic (exact) mass is 1640 g/mol. The number of rotatable bonds is 3. The molecule has 18 aromatic carbocycles. The molecule has 3 aliphatic heterocycles. The van der Waals surface area contributed by atoms with E-state index in [4.69, 9.17) is 44.1 Å². The third kappa shape index (κ3) is 9.74. The van der Waals surface area contributed by atoms with Crippen LogP contribution in [0.3, 0.4) is 0 Å². The molecule has 594 valence electrons. The summed E-state index contributed by atoms with van der Waals surface area (Å²) in [5.74, 6) is 6.50. The second-order valence-electron chi connectivity index (χ2n) is 35.1. The average Bonchev–Trinajstić information content (AvgIpc) is 1.57. The van der Waals surface area contributed by atoms with Gasteiger partial charge in [0.2, 0.25) is 17.8 Å². The molecule has 25 aromatic rings. The molecule has 30 rings (SSSR count). The van der Waals surface area contributed by atoms with Crippen molar-refractivity contribution in [3.63, 3.8) is 0 Å². The Bertz CT molecular complexity index is 9290. The van der Waals surface area contributed by atoms with Crippen molar-refractivity contribution in [2.45, 2.75) is 38.5 Å². The zero-order valence-corrected chi connectivity index (χ0v) is 69.9. The summed E-state index contributed by atoms with van der Waals surface area (Å²) in [7, 11) is 0. The van der Waals surface area contributed by atoms with Gasteiger partial charge in [-0.2, -0.15) is 0 Å². The Morgan fingerprint density at radius 3 is 1.28 bits per heavy atom. The molecular formula is C114H69N9O3S. The van der Waals surface area contributed by atoms with Gasteiger partial charge in [0.25, 0.3) is 0 Å². The third-order valence-electron chi connectivity index (χ3n) is 27.7. The van der Waals surface area contributed by atoms with E-state index in [1.165, 1.54) is 129 Å². The van der Waals surface area contributed by atoms with Gasteiger partial charge in [0.15, 0.2) is 17.2 Å². The first-order valence-corrected chi connectivity index (χ1v) is 44.0. The van der Waals surface area contributed by atoms with Crippen LogP contribution in [0.25, 0.3) is 224 Å². The van der Waals surface area contributed by atoms with Crippen molar-refractivity contribution in [1.29, 1.82) is 0 Å². The van der Waals surface area contributed by atoms with Crippen molar-refractivity contribution in [2.75, 3.05) is 0 Å². The van der Waals surface area contributed by atoms with Crippen LogP contribution >= 0.6 is 11.3 Å². The Labute approximate surface area is 729 Å². The van der Waals surface area contributed by atoms with Gasteiger partial charge < -0.3 is 14.2 Å². The van der Waals surface area contributed by atoms with E-state index in [1.807, 2.05) is 66.3 Å². The molecule has 0 saturated carbocycles. The highest BCUT2D eigenvalue weighted by Crippen LogP contribution is 2.58. The minimum absolute atomic E-state index is 0.118. The van der Waals surface area contributed by atoms with Gasteiger partial charge in [-0.05, 0) is 160 Å². The summed E-state index contributed by atoms with van der Waals surface area (Å²) in [5.41, 5.74) is 22.8. The molecule has 0 amide bonds. The van der Waals surface area contributed by atoms with Gasteiger partial charge in [0.1, 0.15) is 34.3 Å². The Balaban J connectivity index is 0.0000000966. The number of para-hydroxylation sites is 2. The zero-order valence-electron chi connectivity index (χ0n) is 69.1. The number of benzene rings is 18. The molecule has 127 heavy (non-hydrogen) atoms. The Morgan fingerprint density at radius 1 is 0.252 bits per heavy atom. The summed E-state index contributed by atoms with van der Waals surface area (Å²) in [6.45, 7) is 9.35. The predicted octanol–water partition coefficient (Wildman–Crippen LogP) is 29.9. The van der Waals surface area contributed by atoms with Crippen LogP contribution in [0.2, 0.25) is 0 Å². The summed E-state index contributed by atoms with van der Waals surface area (Å²) in [6, 6.07) is 117. The molecule has 12 nitrogen and oxygen atoms in total. The second kappa shape index (κ2) is 25.7. The van der Waals surface area contributed by atoms with Crippen molar-refractivity contribution in [3.05, 3.63) is 368 Å². The van der Waals surface area contributed by atoms with Gasteiger partial charge in [-0.25, -0.2) is 29.9 Å². The maximum Gasteiger partial charge on any atom is 0.235 e. The standard InChI is InChI=1S/2C39H25N3O.C36H19N3OS/c1-39(2)29-18-17-22-9-3-4-12-24(22)36(29)28-19-27-25-13-5-6-15-31(25)42(32(27)20-30(28)39)38-40-21-34-37(41-38)26-14-7-10-23-11-8-16-33(43-34)35(23)26;1-39(2)29-15-6-5-13-25(29)27-19-28-32(20-30(27)39)42(31-18-17-22-9-3-4-12-24(22)36(28)31)38-40-21-34-37(41-38)26-14-7-10-23-11-8-16-33(43-34)35(23)26;1-2-12-22-21(11-1)31-23-13-3-5-16-26(23)39(34(31)35-32(22)24-14-4-6-18-29(24)41-35)36-37-19-28-33(38-36)25-15-7-9-20-10-8-17-27(40-28)30(20)25/h2*3-21H,1-2H3;1-19H. The lowest BCUT2D eigenvalue weighted by atomic mass is 9.82. The van der Waals surface area contributed by atoms with Crippen LogP contribution in [0.1, 0.15) is 49.9 Å². The van der Waals surface area contributed by atoms with Crippen LogP contribution in [0, 0.1) is 0 Å². The zero-order chi connectivity index (χ0) is 83.6. The highest BCUT2D eigenvalue weighted by molar-refractivity contribution is 7.27. The molecule has 0 bridgehead atoms. The van der Waals surface area contributed by atoms with Crippen LogP contribution in [-0.4, -0.2) is 43.6 Å². The number of aromatic nitrogens is 9. The number of hydrogen-bond donors (Lipinski definition) is 0. The molecule has 13 heteroatoms. The van der Waals surface area contributed by atoms with Gasteiger partial charge in [-0.1, -0.05) is 289 Å². The molecule has 2 aliphatic carbocycles. The van der Waals surface area contributed by atoms with Crippen LogP contribution in [0.5, 0.6) is 34.5 Å². The highest BCUT2D eigenvalue weighted by Gasteiger charge is 2.40. The summed E-state index contributed by atoms with van der Waals surface area (Å²) < 4.78 is 28.3. The lowest BCUT2D eigenvalue weighted by Crippen LogP contribution is -2.15. The van der Waals surface area contributed by atoms with E-state index in [-0.39, 0.29) is 10.8 Å². The summed E-state index contributed by atoms with van der Waals surface area (Å²) in [4.78, 5) is 30.5. The average molecular weight is 1640 g/mol. The smallest absolute Gasteiger partial charge is 0.235 e. The van der Waals surface area contributed by atoms with E-state index in [1.54, 1.807) is 0 Å². The van der Waals surface area contributed by atoms with E-state index >= 15 is 0 Å². The fourth-order valence-corrected chi connectivity index (χ4v) is 23.3. The molecule has 0 N–H and O–H groups in total. The predicted molar refractivity (Wildman–Crippen MR) is 519 cm³/mol. The van der Waals surface area contributed by atoms with Gasteiger partial charge >= 0.3 is 0 Å². The lowest BCUT2D eigenvalue weighted by Gasteiger charge is -2.22. The number of ether oxygens (including phenoxy) is 3. The molecule has 0 atom stereocenters. The van der Waals surface area contributed by atoms with E-state index in [2.05, 4.69) is 333 Å². The SMILES string of the molecule is CC1(C)c2cc3c(cc2-c2c1ccc1ccccc21)c1ccccc1n3-c1ncc2c(n1)-c1cccc3cccc(c13)O2.CC1(C)c2ccccc2-c2cc3c4c5ccccc5ccc4n(-c4ncc5c(n4)-c4cccc6cccc(c46)O5)c3cc21.c1cc2c3c(cccc3c1)-c1nc(-n3c4ccccc4c4c5ccccc5c5c6ccccc6sc5c43)ncc1O2. The quantitative estimate of drug-likeness (QED) is 0.170. The molecular weight excluding hydrogens is 1580 g/mol. The molecule has 5 aliphatic rings. The minimum Gasteiger partial charge on any atom is -0.453 e. The third-order valence-corrected chi connectivity index (χ3v) is 28.9. The number of nitrogens with zero attached hydrogens (tertiary/aromatic N) is 9. The fourth-order valence-electron chi connectivity index (χ4n) is 22.0. The van der Waals surface area contributed by atoms with E-state index < -0.39 is 0 Å².